The van der Waals surface area contributed by atoms with Crippen LogP contribution in [0.25, 0.3) is 0 Å². The molecule has 0 bridgehead atoms. The average Bonchev–Trinajstić information content (AvgIpc) is 2.96. The van der Waals surface area contributed by atoms with Gasteiger partial charge in [-0.25, -0.2) is 9.97 Å². The number of hydrogen-bond acceptors (Lipinski definition) is 4. The molecule has 2 rings (SSSR count). The molecule has 18 heavy (non-hydrogen) atoms. The number of aromatic amines is 1. The van der Waals surface area contributed by atoms with Crippen LogP contribution in [0.1, 0.15) is 28.7 Å². The van der Waals surface area contributed by atoms with Crippen LogP contribution in [-0.2, 0) is 6.18 Å². The van der Waals surface area contributed by atoms with E-state index < -0.39 is 17.2 Å². The second kappa shape index (κ2) is 5.07. The van der Waals surface area contributed by atoms with Crippen molar-refractivity contribution in [3.05, 3.63) is 34.3 Å². The van der Waals surface area contributed by atoms with Gasteiger partial charge in [-0.15, -0.1) is 11.3 Å². The zero-order chi connectivity index (χ0) is 13.2. The summed E-state index contributed by atoms with van der Waals surface area (Å²) in [6, 6.07) is -0.390. The molecule has 2 N–H and O–H groups in total. The summed E-state index contributed by atoms with van der Waals surface area (Å²) < 4.78 is 37.5. The standard InChI is InChI=1S/C10H11F3N4S/c1-2-14-7(8-15-3-4-16-8)6-5-17-9(18-6)10(11,12)13/h3-5,7,14H,2H2,1H3,(H,15,16). The number of nitrogens with zero attached hydrogens (tertiary/aromatic N) is 2. The van der Waals surface area contributed by atoms with E-state index in [9.17, 15) is 13.2 Å². The van der Waals surface area contributed by atoms with Crippen molar-refractivity contribution in [1.82, 2.24) is 20.3 Å². The minimum Gasteiger partial charge on any atom is -0.347 e. The van der Waals surface area contributed by atoms with Crippen molar-refractivity contribution in [3.8, 4) is 0 Å². The molecule has 0 saturated carbocycles. The molecule has 0 aliphatic heterocycles. The molecule has 2 aromatic heterocycles. The monoisotopic (exact) mass is 276 g/mol. The second-order valence-electron chi connectivity index (χ2n) is 3.53. The minimum absolute atomic E-state index is 0.390. The molecule has 0 spiro atoms. The Morgan fingerprint density at radius 3 is 2.72 bits per heavy atom. The fourth-order valence-corrected chi connectivity index (χ4v) is 2.39. The number of aromatic nitrogens is 3. The maximum absolute atomic E-state index is 12.5. The molecule has 2 heterocycles. The van der Waals surface area contributed by atoms with Gasteiger partial charge in [0, 0.05) is 23.5 Å². The summed E-state index contributed by atoms with van der Waals surface area (Å²) in [5.74, 6) is 0.578. The van der Waals surface area contributed by atoms with Crippen molar-refractivity contribution >= 4 is 11.3 Å². The summed E-state index contributed by atoms with van der Waals surface area (Å²) in [6.07, 6.45) is 0.0307. The van der Waals surface area contributed by atoms with E-state index in [2.05, 4.69) is 20.3 Å². The van der Waals surface area contributed by atoms with E-state index in [1.807, 2.05) is 6.92 Å². The first-order chi connectivity index (χ1) is 8.52. The third-order valence-corrected chi connectivity index (χ3v) is 3.36. The predicted molar refractivity (Wildman–Crippen MR) is 61.2 cm³/mol. The lowest BCUT2D eigenvalue weighted by molar-refractivity contribution is -0.137. The number of nitrogens with one attached hydrogen (secondary N) is 2. The average molecular weight is 276 g/mol. The number of imidazole rings is 1. The second-order valence-corrected chi connectivity index (χ2v) is 4.59. The maximum Gasteiger partial charge on any atom is 0.443 e. The molecular formula is C10H11F3N4S. The Balaban J connectivity index is 2.29. The van der Waals surface area contributed by atoms with Gasteiger partial charge in [0.05, 0.1) is 0 Å². The van der Waals surface area contributed by atoms with E-state index in [4.69, 9.17) is 0 Å². The van der Waals surface area contributed by atoms with Crippen LogP contribution in [0.3, 0.4) is 0 Å². The van der Waals surface area contributed by atoms with Crippen LogP contribution < -0.4 is 5.32 Å². The molecule has 0 amide bonds. The Labute approximate surface area is 105 Å². The van der Waals surface area contributed by atoms with Gasteiger partial charge in [-0.2, -0.15) is 13.2 Å². The lowest BCUT2D eigenvalue weighted by atomic mass is 10.2. The van der Waals surface area contributed by atoms with Crippen molar-refractivity contribution in [3.63, 3.8) is 0 Å². The normalized spacial score (nSPS) is 13.8. The quantitative estimate of drug-likeness (QED) is 0.902. The Morgan fingerprint density at radius 2 is 2.22 bits per heavy atom. The molecule has 0 aliphatic carbocycles. The largest absolute Gasteiger partial charge is 0.443 e. The molecule has 8 heteroatoms. The molecule has 98 valence electrons. The van der Waals surface area contributed by atoms with Crippen molar-refractivity contribution in [2.24, 2.45) is 0 Å². The highest BCUT2D eigenvalue weighted by Gasteiger charge is 2.35. The Kier molecular flexibility index (Phi) is 3.67. The van der Waals surface area contributed by atoms with Crippen LogP contribution in [0.2, 0.25) is 0 Å². The number of H-pyrrole nitrogens is 1. The smallest absolute Gasteiger partial charge is 0.347 e. The van der Waals surface area contributed by atoms with Crippen LogP contribution in [0.5, 0.6) is 0 Å². The van der Waals surface area contributed by atoms with Crippen molar-refractivity contribution in [2.75, 3.05) is 6.54 Å². The zero-order valence-electron chi connectivity index (χ0n) is 9.45. The molecule has 1 unspecified atom stereocenters. The van der Waals surface area contributed by atoms with Gasteiger partial charge in [-0.3, -0.25) is 0 Å². The number of alkyl halides is 3. The van der Waals surface area contributed by atoms with E-state index >= 15 is 0 Å². The predicted octanol–water partition coefficient (Wildman–Crippen LogP) is 2.58. The van der Waals surface area contributed by atoms with Gasteiger partial charge in [0.15, 0.2) is 5.01 Å². The summed E-state index contributed by atoms with van der Waals surface area (Å²) in [7, 11) is 0. The summed E-state index contributed by atoms with van der Waals surface area (Å²) in [6.45, 7) is 2.49. The SMILES string of the molecule is CCNC(c1ncc[nH]1)c1cnc(C(F)(F)F)s1. The molecule has 4 nitrogen and oxygen atoms in total. The van der Waals surface area contributed by atoms with Crippen molar-refractivity contribution in [2.45, 2.75) is 19.1 Å². The Bertz CT molecular complexity index is 491. The molecule has 0 radical (unpaired) electrons. The Hall–Kier alpha value is -1.41. The molecule has 0 fully saturated rings. The number of thiazole rings is 1. The van der Waals surface area contributed by atoms with E-state index in [-0.39, 0.29) is 0 Å². The van der Waals surface area contributed by atoms with E-state index in [1.165, 1.54) is 6.20 Å². The minimum atomic E-state index is -4.40. The molecule has 0 aliphatic rings. The molecule has 0 saturated heterocycles. The van der Waals surface area contributed by atoms with Gasteiger partial charge in [-0.05, 0) is 6.54 Å². The van der Waals surface area contributed by atoms with Gasteiger partial charge in [0.25, 0.3) is 0 Å². The van der Waals surface area contributed by atoms with Crippen LogP contribution >= 0.6 is 11.3 Å². The first kappa shape index (κ1) is 13.0. The first-order valence-corrected chi connectivity index (χ1v) is 6.09. The highest BCUT2D eigenvalue weighted by molar-refractivity contribution is 7.11. The zero-order valence-corrected chi connectivity index (χ0v) is 10.3. The fourth-order valence-electron chi connectivity index (χ4n) is 1.52. The van der Waals surface area contributed by atoms with Crippen LogP contribution in [0.15, 0.2) is 18.6 Å². The van der Waals surface area contributed by atoms with Gasteiger partial charge in [0.1, 0.15) is 11.9 Å². The van der Waals surface area contributed by atoms with Crippen molar-refractivity contribution in [1.29, 1.82) is 0 Å². The van der Waals surface area contributed by atoms with Crippen LogP contribution in [0, 0.1) is 0 Å². The van der Waals surface area contributed by atoms with E-state index in [1.54, 1.807) is 12.4 Å². The van der Waals surface area contributed by atoms with Gasteiger partial charge in [0.2, 0.25) is 0 Å². The summed E-state index contributed by atoms with van der Waals surface area (Å²) in [5, 5.41) is 2.23. The lowest BCUT2D eigenvalue weighted by Gasteiger charge is -2.12. The molecule has 0 aromatic carbocycles. The highest BCUT2D eigenvalue weighted by Crippen LogP contribution is 2.35. The lowest BCUT2D eigenvalue weighted by Crippen LogP contribution is -2.22. The third kappa shape index (κ3) is 2.70. The summed E-state index contributed by atoms with van der Waals surface area (Å²) in [5.41, 5.74) is 0. The molecule has 1 atom stereocenters. The van der Waals surface area contributed by atoms with Crippen LogP contribution in [-0.4, -0.2) is 21.5 Å². The molecular weight excluding hydrogens is 265 g/mol. The third-order valence-electron chi connectivity index (χ3n) is 2.25. The van der Waals surface area contributed by atoms with Crippen molar-refractivity contribution < 1.29 is 13.2 Å². The number of rotatable bonds is 4. The number of halogens is 3. The van der Waals surface area contributed by atoms with Crippen LogP contribution in [0.4, 0.5) is 13.2 Å². The first-order valence-electron chi connectivity index (χ1n) is 5.28. The maximum atomic E-state index is 12.5. The highest BCUT2D eigenvalue weighted by atomic mass is 32.1. The molecule has 2 aromatic rings. The van der Waals surface area contributed by atoms with Gasteiger partial charge < -0.3 is 10.3 Å². The summed E-state index contributed by atoms with van der Waals surface area (Å²) >= 11 is 0.627. The van der Waals surface area contributed by atoms with E-state index in [0.717, 1.165) is 0 Å². The summed E-state index contributed by atoms with van der Waals surface area (Å²) in [4.78, 5) is 10.9. The topological polar surface area (TPSA) is 53.6 Å². The van der Waals surface area contributed by atoms with Gasteiger partial charge in [-0.1, -0.05) is 6.92 Å². The van der Waals surface area contributed by atoms with E-state index in [0.29, 0.717) is 28.6 Å². The number of hydrogen-bond donors (Lipinski definition) is 2. The van der Waals surface area contributed by atoms with Gasteiger partial charge >= 0.3 is 6.18 Å². The Morgan fingerprint density at radius 1 is 1.44 bits per heavy atom. The fraction of sp³-hybridized carbons (Fsp3) is 0.400.